The minimum absolute atomic E-state index is 0.0858. The summed E-state index contributed by atoms with van der Waals surface area (Å²) in [6.45, 7) is 1.03. The van der Waals surface area contributed by atoms with Crippen molar-refractivity contribution in [2.45, 2.75) is 35.8 Å². The Bertz CT molecular complexity index is 975. The summed E-state index contributed by atoms with van der Waals surface area (Å²) in [6.07, 6.45) is 3.29. The highest BCUT2D eigenvalue weighted by atomic mass is 32.2. The first-order valence-electron chi connectivity index (χ1n) is 9.50. The lowest BCUT2D eigenvalue weighted by Gasteiger charge is -2.38. The van der Waals surface area contributed by atoms with Crippen molar-refractivity contribution in [2.75, 3.05) is 19.7 Å². The Labute approximate surface area is 168 Å². The van der Waals surface area contributed by atoms with Crippen molar-refractivity contribution in [2.24, 2.45) is 0 Å². The second-order valence-electron chi connectivity index (χ2n) is 7.44. The zero-order valence-electron chi connectivity index (χ0n) is 15.8. The third kappa shape index (κ3) is 4.17. The lowest BCUT2D eigenvalue weighted by atomic mass is 9.88. The van der Waals surface area contributed by atoms with Crippen molar-refractivity contribution in [3.8, 4) is 0 Å². The smallest absolute Gasteiger partial charge is 0.270 e. The van der Waals surface area contributed by atoms with Crippen LogP contribution in [0.4, 0.5) is 4.39 Å². The van der Waals surface area contributed by atoms with E-state index in [2.05, 4.69) is 10.3 Å². The van der Waals surface area contributed by atoms with E-state index >= 15 is 0 Å². The molecule has 9 heteroatoms. The summed E-state index contributed by atoms with van der Waals surface area (Å²) in [4.78, 5) is 16.4. The molecule has 1 spiro atoms. The summed E-state index contributed by atoms with van der Waals surface area (Å²) in [6, 6.07) is 9.88. The molecule has 1 amide bonds. The fourth-order valence-electron chi connectivity index (χ4n) is 3.93. The quantitative estimate of drug-likeness (QED) is 0.819. The van der Waals surface area contributed by atoms with Gasteiger partial charge in [0.25, 0.3) is 5.91 Å². The Hall–Kier alpha value is -2.36. The molecule has 1 aromatic heterocycles. The third-order valence-electron chi connectivity index (χ3n) is 5.53. The van der Waals surface area contributed by atoms with Crippen molar-refractivity contribution < 1.29 is 22.3 Å². The number of hydrogen-bond donors (Lipinski definition) is 1. The van der Waals surface area contributed by atoms with Gasteiger partial charge in [0.15, 0.2) is 0 Å². The highest BCUT2D eigenvalue weighted by Crippen LogP contribution is 2.37. The van der Waals surface area contributed by atoms with Gasteiger partial charge in [0.05, 0.1) is 23.1 Å². The molecule has 2 aromatic rings. The average Bonchev–Trinajstić information content (AvgIpc) is 3.11. The zero-order valence-corrected chi connectivity index (χ0v) is 16.6. The van der Waals surface area contributed by atoms with Crippen molar-refractivity contribution >= 4 is 15.9 Å². The number of sulfonamides is 1. The van der Waals surface area contributed by atoms with E-state index in [-0.39, 0.29) is 16.8 Å². The molecule has 2 aliphatic heterocycles. The predicted molar refractivity (Wildman–Crippen MR) is 103 cm³/mol. The molecule has 0 radical (unpaired) electrons. The van der Waals surface area contributed by atoms with Gasteiger partial charge in [-0.15, -0.1) is 0 Å². The summed E-state index contributed by atoms with van der Waals surface area (Å²) in [7, 11) is -3.66. The zero-order chi connectivity index (χ0) is 20.5. The van der Waals surface area contributed by atoms with Crippen LogP contribution in [0.5, 0.6) is 0 Å². The Kier molecular flexibility index (Phi) is 5.37. The summed E-state index contributed by atoms with van der Waals surface area (Å²) < 4.78 is 46.0. The molecule has 2 fully saturated rings. The van der Waals surface area contributed by atoms with Crippen molar-refractivity contribution in [1.29, 1.82) is 0 Å². The number of nitrogens with one attached hydrogen (secondary N) is 1. The normalized spacial score (nSPS) is 21.9. The topological polar surface area (TPSA) is 88.6 Å². The number of ether oxygens (including phenoxy) is 1. The van der Waals surface area contributed by atoms with E-state index in [0.717, 1.165) is 12.1 Å². The van der Waals surface area contributed by atoms with Crippen LogP contribution in [0, 0.1) is 5.82 Å². The summed E-state index contributed by atoms with van der Waals surface area (Å²) in [5, 5.41) is 2.95. The fraction of sp³-hybridized carbons (Fsp3) is 0.400. The van der Waals surface area contributed by atoms with Gasteiger partial charge in [-0.2, -0.15) is 4.31 Å². The summed E-state index contributed by atoms with van der Waals surface area (Å²) in [5.74, 6) is -0.715. The molecule has 3 heterocycles. The van der Waals surface area contributed by atoms with Crippen LogP contribution >= 0.6 is 0 Å². The molecule has 1 unspecified atom stereocenters. The average molecular weight is 419 g/mol. The van der Waals surface area contributed by atoms with Gasteiger partial charge >= 0.3 is 0 Å². The lowest BCUT2D eigenvalue weighted by Crippen LogP contribution is -2.47. The number of rotatable bonds is 4. The van der Waals surface area contributed by atoms with Gasteiger partial charge in [-0.25, -0.2) is 12.8 Å². The van der Waals surface area contributed by atoms with Crippen LogP contribution in [-0.4, -0.2) is 55.0 Å². The van der Waals surface area contributed by atoms with Crippen LogP contribution in [0.3, 0.4) is 0 Å². The lowest BCUT2D eigenvalue weighted by molar-refractivity contribution is -0.0311. The van der Waals surface area contributed by atoms with Crippen LogP contribution < -0.4 is 5.32 Å². The SMILES string of the molecule is O=C(NC1COC2(CCN(S(=O)(=O)c3ccc(F)cc3)CC2)C1)c1ccccn1. The molecule has 1 N–H and O–H groups in total. The first kappa shape index (κ1) is 19.9. The van der Waals surface area contributed by atoms with Gasteiger partial charge in [-0.05, 0) is 55.7 Å². The Morgan fingerprint density at radius 3 is 2.55 bits per heavy atom. The van der Waals surface area contributed by atoms with E-state index in [4.69, 9.17) is 4.74 Å². The molecule has 7 nitrogen and oxygen atoms in total. The number of hydrogen-bond acceptors (Lipinski definition) is 5. The maximum Gasteiger partial charge on any atom is 0.270 e. The number of carbonyl (C=O) groups is 1. The number of carbonyl (C=O) groups excluding carboxylic acids is 1. The number of aromatic nitrogens is 1. The number of nitrogens with zero attached hydrogens (tertiary/aromatic N) is 2. The summed E-state index contributed by atoms with van der Waals surface area (Å²) >= 11 is 0. The molecule has 2 aliphatic rings. The number of halogens is 1. The van der Waals surface area contributed by atoms with Crippen LogP contribution in [0.25, 0.3) is 0 Å². The second-order valence-corrected chi connectivity index (χ2v) is 9.38. The number of benzene rings is 1. The maximum atomic E-state index is 13.1. The summed E-state index contributed by atoms with van der Waals surface area (Å²) in [5.41, 5.74) is -0.0784. The van der Waals surface area contributed by atoms with E-state index < -0.39 is 21.4 Å². The van der Waals surface area contributed by atoms with Crippen LogP contribution in [0.15, 0.2) is 53.6 Å². The van der Waals surface area contributed by atoms with Crippen LogP contribution in [-0.2, 0) is 14.8 Å². The molecule has 1 atom stereocenters. The largest absolute Gasteiger partial charge is 0.373 e. The number of amides is 1. The minimum atomic E-state index is -3.66. The molecule has 2 saturated heterocycles. The van der Waals surface area contributed by atoms with Gasteiger partial charge in [0, 0.05) is 19.3 Å². The van der Waals surface area contributed by atoms with E-state index in [1.807, 2.05) is 0 Å². The molecule has 0 saturated carbocycles. The maximum absolute atomic E-state index is 13.1. The molecule has 1 aromatic carbocycles. The Morgan fingerprint density at radius 2 is 1.90 bits per heavy atom. The van der Waals surface area contributed by atoms with Crippen LogP contribution in [0.2, 0.25) is 0 Å². The van der Waals surface area contributed by atoms with Gasteiger partial charge in [-0.3, -0.25) is 9.78 Å². The van der Waals surface area contributed by atoms with Gasteiger partial charge in [0.1, 0.15) is 11.5 Å². The van der Waals surface area contributed by atoms with Crippen molar-refractivity contribution in [3.63, 3.8) is 0 Å². The molecular formula is C20H22FN3O4S. The van der Waals surface area contributed by atoms with Gasteiger partial charge in [0.2, 0.25) is 10.0 Å². The molecule has 0 bridgehead atoms. The van der Waals surface area contributed by atoms with Crippen molar-refractivity contribution in [1.82, 2.24) is 14.6 Å². The Morgan fingerprint density at radius 1 is 1.17 bits per heavy atom. The fourth-order valence-corrected chi connectivity index (χ4v) is 5.37. The molecule has 4 rings (SSSR count). The van der Waals surface area contributed by atoms with Gasteiger partial charge < -0.3 is 10.1 Å². The highest BCUT2D eigenvalue weighted by Gasteiger charge is 2.45. The first-order valence-corrected chi connectivity index (χ1v) is 10.9. The van der Waals surface area contributed by atoms with Gasteiger partial charge in [-0.1, -0.05) is 6.07 Å². The first-order chi connectivity index (χ1) is 13.9. The monoisotopic (exact) mass is 419 g/mol. The molecule has 0 aliphatic carbocycles. The highest BCUT2D eigenvalue weighted by molar-refractivity contribution is 7.89. The molecule has 154 valence electrons. The second kappa shape index (κ2) is 7.81. The third-order valence-corrected chi connectivity index (χ3v) is 7.44. The standard InChI is InChI=1S/C20H22FN3O4S/c21-15-4-6-17(7-5-15)29(26,27)24-11-8-20(9-12-24)13-16(14-28-20)23-19(25)18-3-1-2-10-22-18/h1-7,10,16H,8-9,11-14H2,(H,23,25). The number of piperidine rings is 1. The van der Waals surface area contributed by atoms with E-state index in [1.165, 1.54) is 16.4 Å². The van der Waals surface area contributed by atoms with E-state index in [9.17, 15) is 17.6 Å². The molecular weight excluding hydrogens is 397 g/mol. The predicted octanol–water partition coefficient (Wildman–Crippen LogP) is 1.96. The minimum Gasteiger partial charge on any atom is -0.373 e. The van der Waals surface area contributed by atoms with E-state index in [0.29, 0.717) is 44.7 Å². The molecule has 29 heavy (non-hydrogen) atoms. The number of pyridine rings is 1. The Balaban J connectivity index is 1.36. The van der Waals surface area contributed by atoms with Crippen molar-refractivity contribution in [3.05, 3.63) is 60.2 Å². The van der Waals surface area contributed by atoms with Crippen LogP contribution in [0.1, 0.15) is 29.8 Å². The van der Waals surface area contributed by atoms with E-state index in [1.54, 1.807) is 24.4 Å².